The molecule has 0 aliphatic carbocycles. The maximum absolute atomic E-state index is 13.4. The van der Waals surface area contributed by atoms with Gasteiger partial charge in [0.25, 0.3) is 5.91 Å². The molecule has 0 spiro atoms. The second-order valence-electron chi connectivity index (χ2n) is 6.68. The minimum Gasteiger partial charge on any atom is -0.339 e. The quantitative estimate of drug-likeness (QED) is 0.656. The van der Waals surface area contributed by atoms with Crippen LogP contribution in [0.15, 0.2) is 48.0 Å². The number of benzene rings is 2. The van der Waals surface area contributed by atoms with Crippen molar-refractivity contribution in [1.29, 1.82) is 5.26 Å². The number of thiazole rings is 1. The Morgan fingerprint density at radius 3 is 2.59 bits per heavy atom. The van der Waals surface area contributed by atoms with Crippen molar-refractivity contribution in [1.82, 2.24) is 9.88 Å². The molecule has 4 rings (SSSR count). The van der Waals surface area contributed by atoms with E-state index in [1.54, 1.807) is 6.20 Å². The monoisotopic (exact) mass is 373 g/mol. The van der Waals surface area contributed by atoms with Gasteiger partial charge in [-0.3, -0.25) is 4.79 Å². The number of aryl methyl sites for hydroxylation is 1. The highest BCUT2D eigenvalue weighted by Gasteiger charge is 2.29. The number of rotatable bonds is 3. The highest BCUT2D eigenvalue weighted by atomic mass is 32.1. The zero-order valence-electron chi connectivity index (χ0n) is 15.1. The molecule has 0 bridgehead atoms. The zero-order valence-corrected chi connectivity index (χ0v) is 15.9. The van der Waals surface area contributed by atoms with Crippen LogP contribution in [-0.2, 0) is 0 Å². The molecule has 1 aliphatic heterocycles. The Morgan fingerprint density at radius 1 is 1.22 bits per heavy atom. The van der Waals surface area contributed by atoms with E-state index in [4.69, 9.17) is 0 Å². The van der Waals surface area contributed by atoms with Crippen LogP contribution < -0.4 is 0 Å². The summed E-state index contributed by atoms with van der Waals surface area (Å²) in [5.74, 6) is -0.0601. The van der Waals surface area contributed by atoms with E-state index in [-0.39, 0.29) is 5.91 Å². The van der Waals surface area contributed by atoms with Crippen molar-refractivity contribution >= 4 is 17.2 Å². The van der Waals surface area contributed by atoms with Crippen molar-refractivity contribution in [2.75, 3.05) is 13.1 Å². The zero-order chi connectivity index (χ0) is 18.8. The Balaban J connectivity index is 2.01. The van der Waals surface area contributed by atoms with Gasteiger partial charge in [0.2, 0.25) is 0 Å². The minimum absolute atomic E-state index is 0.0601. The van der Waals surface area contributed by atoms with Gasteiger partial charge in [-0.2, -0.15) is 5.26 Å². The van der Waals surface area contributed by atoms with Crippen LogP contribution in [0.4, 0.5) is 0 Å². The third kappa shape index (κ3) is 3.13. The molecule has 4 nitrogen and oxygen atoms in total. The molecule has 134 valence electrons. The average molecular weight is 373 g/mol. The smallest absolute Gasteiger partial charge is 0.255 e. The fraction of sp³-hybridized carbons (Fsp3) is 0.227. The number of amides is 1. The van der Waals surface area contributed by atoms with Crippen LogP contribution in [0.3, 0.4) is 0 Å². The van der Waals surface area contributed by atoms with Gasteiger partial charge in [-0.15, -0.1) is 11.3 Å². The number of carbonyl (C=O) groups excluding carboxylic acids is 1. The number of hydrogen-bond donors (Lipinski definition) is 0. The van der Waals surface area contributed by atoms with Gasteiger partial charge in [0.15, 0.2) is 0 Å². The molecular weight excluding hydrogens is 354 g/mol. The Morgan fingerprint density at radius 2 is 1.96 bits per heavy atom. The van der Waals surface area contributed by atoms with Crippen molar-refractivity contribution in [2.45, 2.75) is 19.8 Å². The summed E-state index contributed by atoms with van der Waals surface area (Å²) in [6.07, 6.45) is 3.76. The van der Waals surface area contributed by atoms with E-state index in [1.807, 2.05) is 53.6 Å². The number of carbonyl (C=O) groups is 1. The Bertz CT molecular complexity index is 1010. The first-order valence-corrected chi connectivity index (χ1v) is 9.91. The van der Waals surface area contributed by atoms with E-state index < -0.39 is 0 Å². The van der Waals surface area contributed by atoms with Crippen LogP contribution in [0.2, 0.25) is 0 Å². The van der Waals surface area contributed by atoms with Gasteiger partial charge in [-0.25, -0.2) is 4.98 Å². The maximum Gasteiger partial charge on any atom is 0.255 e. The van der Waals surface area contributed by atoms with Crippen LogP contribution in [0, 0.1) is 18.3 Å². The van der Waals surface area contributed by atoms with E-state index in [1.165, 1.54) is 11.3 Å². The summed E-state index contributed by atoms with van der Waals surface area (Å²) >= 11 is 1.49. The summed E-state index contributed by atoms with van der Waals surface area (Å²) < 4.78 is 0. The lowest BCUT2D eigenvalue weighted by molar-refractivity contribution is 0.0793. The molecule has 2 aromatic carbocycles. The van der Waals surface area contributed by atoms with E-state index in [2.05, 4.69) is 11.1 Å². The Hall–Kier alpha value is -2.97. The predicted molar refractivity (Wildman–Crippen MR) is 108 cm³/mol. The lowest BCUT2D eigenvalue weighted by Gasteiger charge is -2.21. The lowest BCUT2D eigenvalue weighted by atomic mass is 9.88. The molecule has 5 heteroatoms. The number of hydrogen-bond acceptors (Lipinski definition) is 4. The standard InChI is InChI=1S/C22H19N3OS/c1-15-13-17(16-7-3-2-4-8-16)18(14-23)20(19(15)21-24-9-12-27-21)22(26)25-10-5-6-11-25/h2-4,7-9,12-13H,5-6,10-11H2,1H3. The summed E-state index contributed by atoms with van der Waals surface area (Å²) in [5, 5.41) is 12.7. The second-order valence-corrected chi connectivity index (χ2v) is 7.57. The van der Waals surface area contributed by atoms with Crippen molar-refractivity contribution in [2.24, 2.45) is 0 Å². The highest BCUT2D eigenvalue weighted by molar-refractivity contribution is 7.13. The Kier molecular flexibility index (Phi) is 4.74. The molecule has 27 heavy (non-hydrogen) atoms. The molecule has 0 atom stereocenters. The van der Waals surface area contributed by atoms with Crippen LogP contribution in [-0.4, -0.2) is 28.9 Å². The summed E-state index contributed by atoms with van der Waals surface area (Å²) in [7, 11) is 0. The van der Waals surface area contributed by atoms with Crippen molar-refractivity contribution in [3.05, 3.63) is 64.7 Å². The fourth-order valence-electron chi connectivity index (χ4n) is 3.69. The number of likely N-dealkylation sites (tertiary alicyclic amines) is 1. The number of aromatic nitrogens is 1. The highest BCUT2D eigenvalue weighted by Crippen LogP contribution is 2.38. The minimum atomic E-state index is -0.0601. The molecular formula is C22H19N3OS. The molecule has 0 radical (unpaired) electrons. The van der Waals surface area contributed by atoms with Gasteiger partial charge in [-0.05, 0) is 37.0 Å². The van der Waals surface area contributed by atoms with Crippen LogP contribution >= 0.6 is 11.3 Å². The molecule has 1 saturated heterocycles. The van der Waals surface area contributed by atoms with Gasteiger partial charge in [0.1, 0.15) is 11.1 Å². The Labute approximate surface area is 162 Å². The van der Waals surface area contributed by atoms with Gasteiger partial charge in [0, 0.05) is 35.8 Å². The molecule has 1 aliphatic rings. The first-order valence-electron chi connectivity index (χ1n) is 9.03. The average Bonchev–Trinajstić information content (AvgIpc) is 3.41. The van der Waals surface area contributed by atoms with Crippen LogP contribution in [0.5, 0.6) is 0 Å². The van der Waals surface area contributed by atoms with E-state index in [9.17, 15) is 10.1 Å². The van der Waals surface area contributed by atoms with Gasteiger partial charge in [0.05, 0.1) is 11.1 Å². The normalized spacial score (nSPS) is 13.6. The molecule has 2 heterocycles. The van der Waals surface area contributed by atoms with Gasteiger partial charge < -0.3 is 4.90 Å². The summed E-state index contributed by atoms with van der Waals surface area (Å²) in [6.45, 7) is 3.48. The molecule has 0 unspecified atom stereocenters. The molecule has 0 saturated carbocycles. The third-order valence-corrected chi connectivity index (χ3v) is 5.77. The predicted octanol–water partition coefficient (Wildman–Crippen LogP) is 4.89. The van der Waals surface area contributed by atoms with Crippen molar-refractivity contribution in [3.8, 4) is 27.8 Å². The third-order valence-electron chi connectivity index (χ3n) is 4.97. The maximum atomic E-state index is 13.4. The van der Waals surface area contributed by atoms with Gasteiger partial charge >= 0.3 is 0 Å². The summed E-state index contributed by atoms with van der Waals surface area (Å²) in [4.78, 5) is 19.7. The van der Waals surface area contributed by atoms with Crippen molar-refractivity contribution < 1.29 is 4.79 Å². The molecule has 3 aromatic rings. The molecule has 1 fully saturated rings. The second kappa shape index (κ2) is 7.34. The fourth-order valence-corrected chi connectivity index (χ4v) is 4.45. The van der Waals surface area contributed by atoms with Crippen LogP contribution in [0.25, 0.3) is 21.7 Å². The first-order chi connectivity index (χ1) is 13.2. The number of nitriles is 1. The SMILES string of the molecule is Cc1cc(-c2ccccc2)c(C#N)c(C(=O)N2CCCC2)c1-c1nccs1. The van der Waals surface area contributed by atoms with Crippen LogP contribution in [0.1, 0.15) is 34.3 Å². The first kappa shape index (κ1) is 17.4. The topological polar surface area (TPSA) is 57.0 Å². The molecule has 0 N–H and O–H groups in total. The molecule has 1 aromatic heterocycles. The van der Waals surface area contributed by atoms with E-state index >= 15 is 0 Å². The lowest BCUT2D eigenvalue weighted by Crippen LogP contribution is -2.29. The van der Waals surface area contributed by atoms with E-state index in [0.717, 1.165) is 53.2 Å². The van der Waals surface area contributed by atoms with Crippen molar-refractivity contribution in [3.63, 3.8) is 0 Å². The summed E-state index contributed by atoms with van der Waals surface area (Å²) in [6, 6.07) is 14.1. The molecule has 1 amide bonds. The largest absolute Gasteiger partial charge is 0.339 e. The van der Waals surface area contributed by atoms with Gasteiger partial charge in [-0.1, -0.05) is 30.3 Å². The summed E-state index contributed by atoms with van der Waals surface area (Å²) in [5.41, 5.74) is 4.43. The number of nitrogens with zero attached hydrogens (tertiary/aromatic N) is 3. The van der Waals surface area contributed by atoms with E-state index in [0.29, 0.717) is 11.1 Å².